The highest BCUT2D eigenvalue weighted by atomic mass is 32.2. The number of hydrogen-bond acceptors (Lipinski definition) is 8. The Morgan fingerprint density at radius 2 is 1.71 bits per heavy atom. The molecule has 2 aromatic rings. The van der Waals surface area contributed by atoms with Gasteiger partial charge in [-0.15, -0.1) is 0 Å². The number of likely N-dealkylation sites (tertiary alicyclic amines) is 1. The van der Waals surface area contributed by atoms with E-state index in [4.69, 9.17) is 14.2 Å². The quantitative estimate of drug-likeness (QED) is 0.233. The molecule has 0 saturated carbocycles. The first-order chi connectivity index (χ1) is 19.9. The highest BCUT2D eigenvalue weighted by Crippen LogP contribution is 2.28. The van der Waals surface area contributed by atoms with E-state index in [0.717, 1.165) is 56.6 Å². The van der Waals surface area contributed by atoms with Gasteiger partial charge in [-0.2, -0.15) is 0 Å². The Morgan fingerprint density at radius 3 is 2.39 bits per heavy atom. The lowest BCUT2D eigenvalue weighted by Gasteiger charge is -2.32. The third kappa shape index (κ3) is 12.5. The number of likely N-dealkylation sites (N-methyl/N-ethyl adjacent to an activating group) is 1. The van der Waals surface area contributed by atoms with Crippen molar-refractivity contribution in [3.63, 3.8) is 0 Å². The highest BCUT2D eigenvalue weighted by Gasteiger charge is 2.27. The average molecular weight is 591 g/mol. The fourth-order valence-electron chi connectivity index (χ4n) is 4.64. The molecule has 1 atom stereocenters. The maximum absolute atomic E-state index is 12.9. The molecule has 1 unspecified atom stereocenters. The zero-order chi connectivity index (χ0) is 29.3. The Bertz CT molecular complexity index is 1130. The zero-order valence-electron chi connectivity index (χ0n) is 24.5. The van der Waals surface area contributed by atoms with Crippen LogP contribution in [0.25, 0.3) is 0 Å². The third-order valence-corrected chi connectivity index (χ3v) is 8.19. The van der Waals surface area contributed by atoms with Crippen molar-refractivity contribution in [2.24, 2.45) is 0 Å². The monoisotopic (exact) mass is 590 g/mol. The molecule has 41 heavy (non-hydrogen) atoms. The molecule has 1 amide bonds. The van der Waals surface area contributed by atoms with Crippen LogP contribution in [0.2, 0.25) is 0 Å². The molecule has 1 aliphatic rings. The molecule has 1 aliphatic heterocycles. The Balaban J connectivity index is 1.49. The number of unbranched alkanes of at least 4 members (excludes halogenated alkanes) is 1. The number of ether oxygens (including phenoxy) is 3. The molecule has 0 spiro atoms. The minimum Gasteiger partial charge on any atom is -0.379 e. The van der Waals surface area contributed by atoms with Gasteiger partial charge in [-0.25, -0.2) is 8.42 Å². The summed E-state index contributed by atoms with van der Waals surface area (Å²) in [4.78, 5) is 21.3. The molecule has 1 aromatic carbocycles. The van der Waals surface area contributed by atoms with Gasteiger partial charge in [-0.3, -0.25) is 19.4 Å². The van der Waals surface area contributed by atoms with Crippen LogP contribution >= 0.6 is 0 Å². The first kappa shape index (κ1) is 32.9. The Hall–Kier alpha value is -2.57. The molecule has 11 heteroatoms. The summed E-state index contributed by atoms with van der Waals surface area (Å²) in [6.07, 6.45) is 6.28. The number of nitrogens with one attached hydrogen (secondary N) is 1. The van der Waals surface area contributed by atoms with Crippen LogP contribution in [0.3, 0.4) is 0 Å². The second-order valence-corrected chi connectivity index (χ2v) is 12.1. The second kappa shape index (κ2) is 18.1. The van der Waals surface area contributed by atoms with Crippen LogP contribution in [0.15, 0.2) is 48.7 Å². The van der Waals surface area contributed by atoms with Gasteiger partial charge in [0.05, 0.1) is 51.2 Å². The van der Waals surface area contributed by atoms with Gasteiger partial charge in [0.15, 0.2) is 0 Å². The Morgan fingerprint density at radius 1 is 1.00 bits per heavy atom. The van der Waals surface area contributed by atoms with Crippen LogP contribution in [-0.2, 0) is 35.4 Å². The number of pyridine rings is 1. The lowest BCUT2D eigenvalue weighted by Crippen LogP contribution is -2.38. The molecule has 1 saturated heterocycles. The number of benzene rings is 1. The summed E-state index contributed by atoms with van der Waals surface area (Å²) in [5, 5.41) is 0. The van der Waals surface area contributed by atoms with Crippen LogP contribution in [-0.4, -0.2) is 101 Å². The summed E-state index contributed by atoms with van der Waals surface area (Å²) in [5.74, 6) is -0.159. The Labute approximate surface area is 245 Å². The molecule has 0 aliphatic carbocycles. The predicted molar refractivity (Wildman–Crippen MR) is 160 cm³/mol. The predicted octanol–water partition coefficient (Wildman–Crippen LogP) is 3.51. The van der Waals surface area contributed by atoms with Crippen LogP contribution < -0.4 is 4.72 Å². The van der Waals surface area contributed by atoms with E-state index in [2.05, 4.69) is 21.5 Å². The van der Waals surface area contributed by atoms with E-state index in [1.165, 1.54) is 0 Å². The minimum absolute atomic E-state index is 0.00420. The lowest BCUT2D eigenvalue weighted by molar-refractivity contribution is -0.130. The van der Waals surface area contributed by atoms with Crippen molar-refractivity contribution < 1.29 is 27.4 Å². The standard InChI is InChI=1S/C30H46N4O6S/c1-3-4-16-38-17-18-39-19-20-40-21-22-41(36,37)32-28-12-9-10-26(23-28)29(34-14-7-8-15-34)25-33(2)30(35)24-27-11-5-6-13-31-27/h5-6,9-13,23,29,32H,3-4,7-8,14-22,24-25H2,1-2H3. The molecule has 0 radical (unpaired) electrons. The normalized spacial score (nSPS) is 14.7. The molecule has 228 valence electrons. The first-order valence-electron chi connectivity index (χ1n) is 14.6. The van der Waals surface area contributed by atoms with Gasteiger partial charge in [0.2, 0.25) is 15.9 Å². The number of carbonyl (C=O) groups is 1. The number of rotatable bonds is 20. The smallest absolute Gasteiger partial charge is 0.234 e. The van der Waals surface area contributed by atoms with Crippen molar-refractivity contribution in [1.82, 2.24) is 14.8 Å². The van der Waals surface area contributed by atoms with Crippen molar-refractivity contribution in [3.05, 3.63) is 59.9 Å². The number of carbonyl (C=O) groups excluding carboxylic acids is 1. The van der Waals surface area contributed by atoms with Crippen LogP contribution in [0.1, 0.15) is 49.9 Å². The van der Waals surface area contributed by atoms with Gasteiger partial charge in [0.25, 0.3) is 0 Å². The summed E-state index contributed by atoms with van der Waals surface area (Å²) in [7, 11) is -1.79. The van der Waals surface area contributed by atoms with Gasteiger partial charge < -0.3 is 19.1 Å². The third-order valence-electron chi connectivity index (χ3n) is 6.94. The van der Waals surface area contributed by atoms with E-state index in [9.17, 15) is 13.2 Å². The summed E-state index contributed by atoms with van der Waals surface area (Å²) in [5.41, 5.74) is 2.21. The van der Waals surface area contributed by atoms with Crippen molar-refractivity contribution in [3.8, 4) is 0 Å². The van der Waals surface area contributed by atoms with E-state index >= 15 is 0 Å². The Kier molecular flexibility index (Phi) is 14.5. The maximum Gasteiger partial charge on any atom is 0.234 e. The molecule has 3 rings (SSSR count). The van der Waals surface area contributed by atoms with Crippen molar-refractivity contribution in [1.29, 1.82) is 0 Å². The lowest BCUT2D eigenvalue weighted by atomic mass is 10.0. The summed E-state index contributed by atoms with van der Waals surface area (Å²) in [6.45, 7) is 7.08. The van der Waals surface area contributed by atoms with E-state index in [1.54, 1.807) is 17.2 Å². The van der Waals surface area contributed by atoms with E-state index < -0.39 is 10.0 Å². The second-order valence-electron chi connectivity index (χ2n) is 10.3. The van der Waals surface area contributed by atoms with E-state index in [1.807, 2.05) is 43.4 Å². The number of anilines is 1. The number of hydrogen-bond donors (Lipinski definition) is 1. The van der Waals surface area contributed by atoms with Gasteiger partial charge in [0.1, 0.15) is 0 Å². The summed E-state index contributed by atoms with van der Waals surface area (Å²) < 4.78 is 44.5. The van der Waals surface area contributed by atoms with Crippen molar-refractivity contribution in [2.75, 3.05) is 76.8 Å². The van der Waals surface area contributed by atoms with Crippen LogP contribution in [0.5, 0.6) is 0 Å². The maximum atomic E-state index is 12.9. The number of aromatic nitrogens is 1. The number of sulfonamides is 1. The average Bonchev–Trinajstić information content (AvgIpc) is 3.49. The molecule has 1 aromatic heterocycles. The first-order valence-corrected chi connectivity index (χ1v) is 16.2. The molecule has 0 bridgehead atoms. The van der Waals surface area contributed by atoms with Gasteiger partial charge >= 0.3 is 0 Å². The van der Waals surface area contributed by atoms with Gasteiger partial charge in [0, 0.05) is 37.8 Å². The van der Waals surface area contributed by atoms with Crippen LogP contribution in [0, 0.1) is 0 Å². The highest BCUT2D eigenvalue weighted by molar-refractivity contribution is 7.92. The van der Waals surface area contributed by atoms with Gasteiger partial charge in [-0.1, -0.05) is 31.5 Å². The minimum atomic E-state index is -3.60. The molecular formula is C30H46N4O6S. The fraction of sp³-hybridized carbons (Fsp3) is 0.600. The largest absolute Gasteiger partial charge is 0.379 e. The fourth-order valence-corrected chi connectivity index (χ4v) is 5.56. The zero-order valence-corrected chi connectivity index (χ0v) is 25.3. The van der Waals surface area contributed by atoms with Gasteiger partial charge in [-0.05, 0) is 62.2 Å². The molecule has 1 fully saturated rings. The summed E-state index contributed by atoms with van der Waals surface area (Å²) in [6, 6.07) is 13.0. The summed E-state index contributed by atoms with van der Waals surface area (Å²) >= 11 is 0. The molecular weight excluding hydrogens is 544 g/mol. The van der Waals surface area contributed by atoms with Crippen LogP contribution in [0.4, 0.5) is 5.69 Å². The van der Waals surface area contributed by atoms with Crippen molar-refractivity contribution >= 4 is 21.6 Å². The molecule has 10 nitrogen and oxygen atoms in total. The SMILES string of the molecule is CCCCOCCOCCOCCS(=O)(=O)Nc1cccc(C(CN(C)C(=O)Cc2ccccn2)N2CCCC2)c1. The topological polar surface area (TPSA) is 110 Å². The number of amides is 1. The van der Waals surface area contributed by atoms with E-state index in [-0.39, 0.29) is 30.7 Å². The number of nitrogens with zero attached hydrogens (tertiary/aromatic N) is 3. The molecule has 1 N–H and O–H groups in total. The molecule has 2 heterocycles. The van der Waals surface area contributed by atoms with Crippen molar-refractivity contribution in [2.45, 2.75) is 45.1 Å². The van der Waals surface area contributed by atoms with E-state index in [0.29, 0.717) is 38.7 Å².